The number of carbonyl (C=O) groups excluding carboxylic acids is 1. The number of nitrogens with zero attached hydrogens (tertiary/aromatic N) is 2. The fourth-order valence-electron chi connectivity index (χ4n) is 1.45. The molecular formula is C12H20N4O2. The van der Waals surface area contributed by atoms with Crippen LogP contribution in [0.3, 0.4) is 0 Å². The molecule has 0 aliphatic carbocycles. The zero-order chi connectivity index (χ0) is 13.5. The monoisotopic (exact) mass is 252 g/mol. The molecule has 1 atom stereocenters. The van der Waals surface area contributed by atoms with Gasteiger partial charge in [0.1, 0.15) is 5.82 Å². The lowest BCUT2D eigenvalue weighted by Gasteiger charge is -2.16. The molecule has 2 amide bonds. The molecule has 0 aliphatic heterocycles. The van der Waals surface area contributed by atoms with Crippen LogP contribution >= 0.6 is 0 Å². The van der Waals surface area contributed by atoms with Gasteiger partial charge in [-0.3, -0.25) is 0 Å². The molecule has 6 heteroatoms. The molecule has 18 heavy (non-hydrogen) atoms. The van der Waals surface area contributed by atoms with Crippen LogP contribution in [-0.4, -0.2) is 42.9 Å². The van der Waals surface area contributed by atoms with E-state index in [1.54, 1.807) is 13.1 Å². The molecule has 1 rings (SSSR count). The number of hydrogen-bond acceptors (Lipinski definition) is 4. The Balaban J connectivity index is 2.50. The van der Waals surface area contributed by atoms with Gasteiger partial charge in [0.2, 0.25) is 0 Å². The van der Waals surface area contributed by atoms with Crippen LogP contribution in [0.5, 0.6) is 0 Å². The first-order valence-electron chi connectivity index (χ1n) is 5.81. The van der Waals surface area contributed by atoms with Crippen LogP contribution in [0.2, 0.25) is 0 Å². The van der Waals surface area contributed by atoms with Crippen molar-refractivity contribution in [3.63, 3.8) is 0 Å². The van der Waals surface area contributed by atoms with E-state index in [0.29, 0.717) is 6.54 Å². The lowest BCUT2D eigenvalue weighted by molar-refractivity contribution is 0.187. The van der Waals surface area contributed by atoms with Gasteiger partial charge >= 0.3 is 6.03 Å². The number of hydrogen-bond donors (Lipinski definition) is 3. The highest BCUT2D eigenvalue weighted by atomic mass is 16.3. The number of amides is 2. The minimum atomic E-state index is -0.550. The van der Waals surface area contributed by atoms with Gasteiger partial charge in [-0.05, 0) is 13.0 Å². The van der Waals surface area contributed by atoms with E-state index in [1.807, 2.05) is 31.1 Å². The van der Waals surface area contributed by atoms with Gasteiger partial charge in [-0.1, -0.05) is 6.07 Å². The van der Waals surface area contributed by atoms with Gasteiger partial charge < -0.3 is 20.6 Å². The number of carbonyl (C=O) groups is 1. The van der Waals surface area contributed by atoms with Gasteiger partial charge in [-0.15, -0.1) is 0 Å². The molecule has 1 aromatic rings. The fourth-order valence-corrected chi connectivity index (χ4v) is 1.45. The number of rotatable bonds is 5. The van der Waals surface area contributed by atoms with Crippen LogP contribution in [0.1, 0.15) is 12.5 Å². The van der Waals surface area contributed by atoms with Crippen molar-refractivity contribution in [2.24, 2.45) is 0 Å². The minimum Gasteiger partial charge on any atom is -0.392 e. The standard InChI is InChI=1S/C12H20N4O2/c1-9(17)7-14-12(18)15-8-10-5-4-6-13-11(10)16(2)3/h4-6,9,17H,7-8H2,1-3H3,(H2,14,15,18)/t9-/m0/s1. The number of urea groups is 1. The zero-order valence-corrected chi connectivity index (χ0v) is 11.0. The summed E-state index contributed by atoms with van der Waals surface area (Å²) in [5, 5.41) is 14.3. The normalized spacial score (nSPS) is 11.8. The van der Waals surface area contributed by atoms with Gasteiger partial charge in [0.25, 0.3) is 0 Å². The number of aliphatic hydroxyl groups is 1. The minimum absolute atomic E-state index is 0.236. The Morgan fingerprint density at radius 2 is 2.22 bits per heavy atom. The molecule has 100 valence electrons. The molecule has 0 bridgehead atoms. The summed E-state index contributed by atoms with van der Waals surface area (Å²) in [5.74, 6) is 0.827. The summed E-state index contributed by atoms with van der Waals surface area (Å²) in [4.78, 5) is 17.6. The van der Waals surface area contributed by atoms with Gasteiger partial charge in [0.15, 0.2) is 0 Å². The summed E-state index contributed by atoms with van der Waals surface area (Å²) in [6, 6.07) is 3.44. The fraction of sp³-hybridized carbons (Fsp3) is 0.500. The molecule has 1 heterocycles. The van der Waals surface area contributed by atoms with E-state index in [0.717, 1.165) is 11.4 Å². The van der Waals surface area contributed by atoms with E-state index in [1.165, 1.54) is 0 Å². The number of aromatic nitrogens is 1. The Bertz CT molecular complexity index is 393. The average Bonchev–Trinajstić information content (AvgIpc) is 2.34. The van der Waals surface area contributed by atoms with Crippen molar-refractivity contribution < 1.29 is 9.90 Å². The first-order valence-corrected chi connectivity index (χ1v) is 5.81. The van der Waals surface area contributed by atoms with E-state index < -0.39 is 6.10 Å². The molecule has 0 radical (unpaired) electrons. The molecule has 0 saturated heterocycles. The van der Waals surface area contributed by atoms with Gasteiger partial charge in [-0.25, -0.2) is 9.78 Å². The van der Waals surface area contributed by atoms with Crippen molar-refractivity contribution in [1.82, 2.24) is 15.6 Å². The lowest BCUT2D eigenvalue weighted by atomic mass is 10.2. The van der Waals surface area contributed by atoms with Crippen LogP contribution in [0.4, 0.5) is 10.6 Å². The Labute approximate surface area is 107 Å². The molecular weight excluding hydrogens is 232 g/mol. The predicted octanol–water partition coefficient (Wildman–Crippen LogP) is 0.328. The third-order valence-corrected chi connectivity index (χ3v) is 2.29. The highest BCUT2D eigenvalue weighted by Crippen LogP contribution is 2.13. The Kier molecular flexibility index (Phi) is 5.38. The van der Waals surface area contributed by atoms with Crippen molar-refractivity contribution in [3.05, 3.63) is 23.9 Å². The molecule has 3 N–H and O–H groups in total. The topological polar surface area (TPSA) is 77.5 Å². The largest absolute Gasteiger partial charge is 0.392 e. The first kappa shape index (κ1) is 14.2. The molecule has 0 unspecified atom stereocenters. The van der Waals surface area contributed by atoms with Crippen LogP contribution in [-0.2, 0) is 6.54 Å². The first-order chi connectivity index (χ1) is 8.50. The quantitative estimate of drug-likeness (QED) is 0.705. The van der Waals surface area contributed by atoms with Gasteiger partial charge in [0, 0.05) is 38.9 Å². The van der Waals surface area contributed by atoms with Crippen molar-refractivity contribution in [3.8, 4) is 0 Å². The summed E-state index contributed by atoms with van der Waals surface area (Å²) in [5.41, 5.74) is 0.940. The van der Waals surface area contributed by atoms with E-state index >= 15 is 0 Å². The van der Waals surface area contributed by atoms with Crippen molar-refractivity contribution in [1.29, 1.82) is 0 Å². The molecule has 1 aromatic heterocycles. The van der Waals surface area contributed by atoms with E-state index in [9.17, 15) is 4.79 Å². The second-order valence-corrected chi connectivity index (χ2v) is 4.29. The van der Waals surface area contributed by atoms with Crippen LogP contribution < -0.4 is 15.5 Å². The molecule has 0 spiro atoms. The van der Waals surface area contributed by atoms with Gasteiger partial charge in [-0.2, -0.15) is 0 Å². The third kappa shape index (κ3) is 4.58. The maximum Gasteiger partial charge on any atom is 0.315 e. The summed E-state index contributed by atoms with van der Waals surface area (Å²) in [7, 11) is 3.80. The molecule has 0 saturated carbocycles. The number of anilines is 1. The smallest absolute Gasteiger partial charge is 0.315 e. The Hall–Kier alpha value is -1.82. The van der Waals surface area contributed by atoms with Crippen molar-refractivity contribution in [2.75, 3.05) is 25.5 Å². The molecule has 0 fully saturated rings. The third-order valence-electron chi connectivity index (χ3n) is 2.29. The number of pyridine rings is 1. The maximum absolute atomic E-state index is 11.4. The summed E-state index contributed by atoms with van der Waals surface area (Å²) in [6.07, 6.45) is 1.17. The van der Waals surface area contributed by atoms with Crippen molar-refractivity contribution >= 4 is 11.8 Å². The van der Waals surface area contributed by atoms with Crippen LogP contribution in [0.15, 0.2) is 18.3 Å². The molecule has 0 aliphatic rings. The zero-order valence-electron chi connectivity index (χ0n) is 11.0. The highest BCUT2D eigenvalue weighted by Gasteiger charge is 2.07. The van der Waals surface area contributed by atoms with E-state index in [4.69, 9.17) is 5.11 Å². The van der Waals surface area contributed by atoms with Gasteiger partial charge in [0.05, 0.1) is 6.10 Å². The van der Waals surface area contributed by atoms with Crippen LogP contribution in [0.25, 0.3) is 0 Å². The Morgan fingerprint density at radius 1 is 1.50 bits per heavy atom. The highest BCUT2D eigenvalue weighted by molar-refractivity contribution is 5.74. The van der Waals surface area contributed by atoms with Crippen molar-refractivity contribution in [2.45, 2.75) is 19.6 Å². The van der Waals surface area contributed by atoms with Crippen LogP contribution in [0, 0.1) is 0 Å². The summed E-state index contributed by atoms with van der Waals surface area (Å²) in [6.45, 7) is 2.25. The lowest BCUT2D eigenvalue weighted by Crippen LogP contribution is -2.38. The SMILES string of the molecule is C[C@H](O)CNC(=O)NCc1cccnc1N(C)C. The number of aliphatic hydroxyl groups excluding tert-OH is 1. The summed E-state index contributed by atoms with van der Waals surface area (Å²) < 4.78 is 0. The second-order valence-electron chi connectivity index (χ2n) is 4.29. The average molecular weight is 252 g/mol. The maximum atomic E-state index is 11.4. The molecule has 0 aromatic carbocycles. The van der Waals surface area contributed by atoms with E-state index in [2.05, 4.69) is 15.6 Å². The second kappa shape index (κ2) is 6.80. The summed E-state index contributed by atoms with van der Waals surface area (Å²) >= 11 is 0. The Morgan fingerprint density at radius 3 is 2.83 bits per heavy atom. The molecule has 6 nitrogen and oxygen atoms in total. The number of nitrogens with one attached hydrogen (secondary N) is 2. The predicted molar refractivity (Wildman–Crippen MR) is 70.5 cm³/mol. The van der Waals surface area contributed by atoms with E-state index in [-0.39, 0.29) is 12.6 Å².